The molecule has 0 aliphatic heterocycles. The molecule has 1 saturated carbocycles. The third-order valence-corrected chi connectivity index (χ3v) is 2.78. The van der Waals surface area contributed by atoms with Crippen LogP contribution in [-0.4, -0.2) is 11.0 Å². The van der Waals surface area contributed by atoms with Gasteiger partial charge in [-0.15, -0.1) is 0 Å². The van der Waals surface area contributed by atoms with Gasteiger partial charge in [-0.25, -0.2) is 0 Å². The van der Waals surface area contributed by atoms with E-state index in [1.54, 1.807) is 12.1 Å². The van der Waals surface area contributed by atoms with Gasteiger partial charge in [-0.2, -0.15) is 0 Å². The van der Waals surface area contributed by atoms with Gasteiger partial charge in [0.15, 0.2) is 0 Å². The summed E-state index contributed by atoms with van der Waals surface area (Å²) in [5, 5.41) is 10.1. The van der Waals surface area contributed by atoms with Crippen molar-refractivity contribution in [3.63, 3.8) is 0 Å². The van der Waals surface area contributed by atoms with Crippen molar-refractivity contribution in [2.24, 2.45) is 11.7 Å². The Morgan fingerprint density at radius 2 is 2.29 bits per heavy atom. The third kappa shape index (κ3) is 1.55. The van der Waals surface area contributed by atoms with Crippen LogP contribution in [0.3, 0.4) is 0 Å². The van der Waals surface area contributed by atoms with Crippen LogP contribution in [0.1, 0.15) is 17.9 Å². The second-order valence-corrected chi connectivity index (χ2v) is 3.99. The van der Waals surface area contributed by atoms with Gasteiger partial charge in [-0.1, -0.05) is 11.6 Å². The zero-order valence-electron chi connectivity index (χ0n) is 7.40. The minimum atomic E-state index is -0.311. The molecular weight excluding hydrogens is 202 g/mol. The maximum atomic E-state index is 10.8. The molecule has 0 heterocycles. The summed E-state index contributed by atoms with van der Waals surface area (Å²) in [4.78, 5) is 10.8. The van der Waals surface area contributed by atoms with Crippen molar-refractivity contribution in [1.82, 2.24) is 0 Å². The average Bonchev–Trinajstić information content (AvgIpc) is 2.88. The van der Waals surface area contributed by atoms with E-state index in [4.69, 9.17) is 17.3 Å². The molecule has 0 saturated heterocycles. The predicted octanol–water partition coefficient (Wildman–Crippen LogP) is 1.63. The highest BCUT2D eigenvalue weighted by molar-refractivity contribution is 6.30. The SMILES string of the molecule is NC(=O)[C@H]1C[C@@H]1c1cc(Cl)ccc1O. The van der Waals surface area contributed by atoms with Crippen LogP contribution >= 0.6 is 11.6 Å². The number of nitrogens with two attached hydrogens (primary N) is 1. The van der Waals surface area contributed by atoms with Crippen LogP contribution in [0.15, 0.2) is 18.2 Å². The number of aromatic hydroxyl groups is 1. The number of halogens is 1. The molecule has 1 amide bonds. The van der Waals surface area contributed by atoms with Crippen LogP contribution in [0, 0.1) is 5.92 Å². The molecule has 2 rings (SSSR count). The number of benzene rings is 1. The minimum Gasteiger partial charge on any atom is -0.508 e. The first-order valence-corrected chi connectivity index (χ1v) is 4.75. The Hall–Kier alpha value is -1.22. The number of hydrogen-bond donors (Lipinski definition) is 2. The number of phenolic OH excluding ortho intramolecular Hbond substituents is 1. The zero-order chi connectivity index (χ0) is 10.3. The molecule has 1 fully saturated rings. The molecule has 1 aliphatic rings. The smallest absolute Gasteiger partial charge is 0.221 e. The Bertz CT molecular complexity index is 392. The van der Waals surface area contributed by atoms with Gasteiger partial charge in [-0.05, 0) is 36.1 Å². The Morgan fingerprint density at radius 1 is 1.57 bits per heavy atom. The standard InChI is InChI=1S/C10H10ClNO2/c11-5-1-2-9(13)7(3-5)6-4-8(6)10(12)14/h1-3,6,8,13H,4H2,(H2,12,14)/t6-,8+/m1/s1. The number of phenols is 1. The quantitative estimate of drug-likeness (QED) is 0.781. The zero-order valence-corrected chi connectivity index (χ0v) is 8.16. The van der Waals surface area contributed by atoms with Crippen molar-refractivity contribution < 1.29 is 9.90 Å². The van der Waals surface area contributed by atoms with Gasteiger partial charge in [0.25, 0.3) is 0 Å². The number of primary amides is 1. The summed E-state index contributed by atoms with van der Waals surface area (Å²) in [7, 11) is 0. The molecule has 1 aromatic rings. The molecule has 3 nitrogen and oxygen atoms in total. The highest BCUT2D eigenvalue weighted by atomic mass is 35.5. The van der Waals surface area contributed by atoms with Crippen LogP contribution in [0.5, 0.6) is 5.75 Å². The molecule has 0 aromatic heterocycles. The molecule has 0 spiro atoms. The van der Waals surface area contributed by atoms with Gasteiger partial charge in [0.2, 0.25) is 5.91 Å². The number of carbonyl (C=O) groups is 1. The Kier molecular flexibility index (Phi) is 2.11. The summed E-state index contributed by atoms with van der Waals surface area (Å²) in [5.41, 5.74) is 5.88. The second kappa shape index (κ2) is 3.17. The Morgan fingerprint density at radius 3 is 2.86 bits per heavy atom. The monoisotopic (exact) mass is 211 g/mol. The van der Waals surface area contributed by atoms with Crippen LogP contribution in [-0.2, 0) is 4.79 Å². The molecule has 3 N–H and O–H groups in total. The van der Waals surface area contributed by atoms with Crippen molar-refractivity contribution in [2.45, 2.75) is 12.3 Å². The summed E-state index contributed by atoms with van der Waals surface area (Å²) < 4.78 is 0. The average molecular weight is 212 g/mol. The largest absolute Gasteiger partial charge is 0.508 e. The van der Waals surface area contributed by atoms with E-state index in [0.29, 0.717) is 11.4 Å². The Balaban J connectivity index is 2.26. The van der Waals surface area contributed by atoms with Crippen molar-refractivity contribution in [3.8, 4) is 5.75 Å². The van der Waals surface area contributed by atoms with E-state index in [1.165, 1.54) is 6.07 Å². The first-order valence-electron chi connectivity index (χ1n) is 4.37. The molecule has 0 bridgehead atoms. The van der Waals surface area contributed by atoms with Gasteiger partial charge in [0.1, 0.15) is 5.75 Å². The van der Waals surface area contributed by atoms with Crippen molar-refractivity contribution in [2.75, 3.05) is 0 Å². The molecular formula is C10H10ClNO2. The van der Waals surface area contributed by atoms with Gasteiger partial charge in [-0.3, -0.25) is 4.79 Å². The normalized spacial score (nSPS) is 24.6. The lowest BCUT2D eigenvalue weighted by Crippen LogP contribution is -2.13. The summed E-state index contributed by atoms with van der Waals surface area (Å²) in [6.07, 6.45) is 0.712. The summed E-state index contributed by atoms with van der Waals surface area (Å²) in [5.74, 6) is -0.219. The molecule has 1 aliphatic carbocycles. The van der Waals surface area contributed by atoms with Crippen LogP contribution in [0.25, 0.3) is 0 Å². The number of hydrogen-bond acceptors (Lipinski definition) is 2. The van der Waals surface area contributed by atoms with Crippen LogP contribution in [0.2, 0.25) is 5.02 Å². The first-order chi connectivity index (χ1) is 6.59. The Labute approximate surface area is 86.5 Å². The van der Waals surface area contributed by atoms with Gasteiger partial charge < -0.3 is 10.8 Å². The van der Waals surface area contributed by atoms with E-state index in [9.17, 15) is 9.90 Å². The first kappa shape index (κ1) is 9.34. The molecule has 2 atom stereocenters. The van der Waals surface area contributed by atoms with E-state index in [1.807, 2.05) is 0 Å². The van der Waals surface area contributed by atoms with E-state index in [0.717, 1.165) is 5.56 Å². The third-order valence-electron chi connectivity index (χ3n) is 2.54. The van der Waals surface area contributed by atoms with Crippen LogP contribution in [0.4, 0.5) is 0 Å². The second-order valence-electron chi connectivity index (χ2n) is 3.55. The number of carbonyl (C=O) groups excluding carboxylic acids is 1. The molecule has 74 valence electrons. The highest BCUT2D eigenvalue weighted by Crippen LogP contribution is 2.50. The lowest BCUT2D eigenvalue weighted by atomic mass is 10.1. The molecule has 1 aromatic carbocycles. The topological polar surface area (TPSA) is 63.3 Å². The lowest BCUT2D eigenvalue weighted by molar-refractivity contribution is -0.119. The fourth-order valence-electron chi connectivity index (χ4n) is 1.68. The maximum Gasteiger partial charge on any atom is 0.221 e. The predicted molar refractivity (Wildman–Crippen MR) is 53.2 cm³/mol. The van der Waals surface area contributed by atoms with Crippen molar-refractivity contribution >= 4 is 17.5 Å². The van der Waals surface area contributed by atoms with E-state index >= 15 is 0 Å². The summed E-state index contributed by atoms with van der Waals surface area (Å²) >= 11 is 5.79. The molecule has 14 heavy (non-hydrogen) atoms. The van der Waals surface area contributed by atoms with E-state index < -0.39 is 0 Å². The van der Waals surface area contributed by atoms with Gasteiger partial charge >= 0.3 is 0 Å². The van der Waals surface area contributed by atoms with Gasteiger partial charge in [0, 0.05) is 10.9 Å². The lowest BCUT2D eigenvalue weighted by Gasteiger charge is -2.03. The van der Waals surface area contributed by atoms with E-state index in [-0.39, 0.29) is 23.5 Å². The molecule has 0 unspecified atom stereocenters. The molecule has 4 heteroatoms. The van der Waals surface area contributed by atoms with Crippen LogP contribution < -0.4 is 5.73 Å². The fourth-order valence-corrected chi connectivity index (χ4v) is 1.86. The fraction of sp³-hybridized carbons (Fsp3) is 0.300. The number of rotatable bonds is 2. The number of amides is 1. The summed E-state index contributed by atoms with van der Waals surface area (Å²) in [6.45, 7) is 0. The molecule has 0 radical (unpaired) electrons. The minimum absolute atomic E-state index is 0.0474. The highest BCUT2D eigenvalue weighted by Gasteiger charge is 2.44. The van der Waals surface area contributed by atoms with Crippen molar-refractivity contribution in [1.29, 1.82) is 0 Å². The van der Waals surface area contributed by atoms with Gasteiger partial charge in [0.05, 0.1) is 0 Å². The van der Waals surface area contributed by atoms with E-state index in [2.05, 4.69) is 0 Å². The van der Waals surface area contributed by atoms with Crippen molar-refractivity contribution in [3.05, 3.63) is 28.8 Å². The maximum absolute atomic E-state index is 10.8. The summed E-state index contributed by atoms with van der Waals surface area (Å²) in [6, 6.07) is 4.83.